The molecule has 0 unspecified atom stereocenters. The maximum Gasteiger partial charge on any atom is 0.180 e. The van der Waals surface area contributed by atoms with Crippen LogP contribution in [0.1, 0.15) is 18.7 Å². The quantitative estimate of drug-likeness (QED) is 0.828. The number of anilines is 1. The van der Waals surface area contributed by atoms with Crippen molar-refractivity contribution in [1.29, 1.82) is 0 Å². The number of nitrogen functional groups attached to an aromatic ring is 1. The monoisotopic (exact) mass is 227 g/mol. The Balaban J connectivity index is 2.04. The first-order valence-electron chi connectivity index (χ1n) is 5.11. The molecule has 15 heavy (non-hydrogen) atoms. The van der Waals surface area contributed by atoms with E-state index < -0.39 is 0 Å². The molecule has 1 aliphatic rings. The number of nitrogens with zero attached hydrogens (tertiary/aromatic N) is 2. The van der Waals surface area contributed by atoms with Gasteiger partial charge in [0.1, 0.15) is 0 Å². The molecule has 0 saturated carbocycles. The summed E-state index contributed by atoms with van der Waals surface area (Å²) in [5, 5.41) is 0.649. The molecule has 2 rings (SSSR count). The number of rotatable bonds is 2. The Kier molecular flexibility index (Phi) is 2.95. The van der Waals surface area contributed by atoms with E-state index in [-0.39, 0.29) is 5.54 Å². The number of morpholine rings is 1. The fourth-order valence-electron chi connectivity index (χ4n) is 1.77. The zero-order valence-corrected chi connectivity index (χ0v) is 10.0. The Morgan fingerprint density at radius 1 is 1.67 bits per heavy atom. The Labute approximate surface area is 94.1 Å². The van der Waals surface area contributed by atoms with Gasteiger partial charge in [-0.25, -0.2) is 4.98 Å². The van der Waals surface area contributed by atoms with Gasteiger partial charge < -0.3 is 10.5 Å². The van der Waals surface area contributed by atoms with Crippen molar-refractivity contribution >= 4 is 16.5 Å². The van der Waals surface area contributed by atoms with Crippen LogP contribution in [-0.4, -0.2) is 35.2 Å². The Hall–Kier alpha value is -0.650. The molecule has 0 aliphatic carbocycles. The predicted octanol–water partition coefficient (Wildman–Crippen LogP) is 1.34. The van der Waals surface area contributed by atoms with Gasteiger partial charge in [0, 0.05) is 29.7 Å². The zero-order chi connectivity index (χ0) is 10.9. The zero-order valence-electron chi connectivity index (χ0n) is 9.19. The highest BCUT2D eigenvalue weighted by atomic mass is 32.1. The molecule has 2 N–H and O–H groups in total. The Bertz CT molecular complexity index is 337. The van der Waals surface area contributed by atoms with E-state index in [2.05, 4.69) is 23.7 Å². The molecule has 0 spiro atoms. The van der Waals surface area contributed by atoms with Crippen molar-refractivity contribution in [3.63, 3.8) is 0 Å². The summed E-state index contributed by atoms with van der Waals surface area (Å²) in [6, 6.07) is 0. The molecule has 1 aliphatic heterocycles. The van der Waals surface area contributed by atoms with Gasteiger partial charge >= 0.3 is 0 Å². The lowest BCUT2D eigenvalue weighted by atomic mass is 10.0. The predicted molar refractivity (Wildman–Crippen MR) is 61.8 cm³/mol. The molecule has 4 nitrogen and oxygen atoms in total. The van der Waals surface area contributed by atoms with Gasteiger partial charge in [-0.2, -0.15) is 0 Å². The average molecular weight is 227 g/mol. The molecule has 5 heteroatoms. The number of hydrogen-bond donors (Lipinski definition) is 1. The van der Waals surface area contributed by atoms with E-state index in [4.69, 9.17) is 10.5 Å². The largest absolute Gasteiger partial charge is 0.378 e. The van der Waals surface area contributed by atoms with Crippen LogP contribution >= 0.6 is 11.3 Å². The lowest BCUT2D eigenvalue weighted by molar-refractivity contribution is -0.0548. The lowest BCUT2D eigenvalue weighted by Gasteiger charge is -2.41. The smallest absolute Gasteiger partial charge is 0.180 e. The molecule has 0 radical (unpaired) electrons. The summed E-state index contributed by atoms with van der Waals surface area (Å²) in [4.78, 5) is 7.71. The van der Waals surface area contributed by atoms with Gasteiger partial charge in [0.15, 0.2) is 5.13 Å². The minimum absolute atomic E-state index is 0.108. The van der Waals surface area contributed by atoms with Crippen LogP contribution in [0.15, 0.2) is 6.20 Å². The highest BCUT2D eigenvalue weighted by Gasteiger charge is 2.30. The van der Waals surface area contributed by atoms with Crippen molar-refractivity contribution in [3.05, 3.63) is 11.1 Å². The first-order chi connectivity index (χ1) is 7.08. The van der Waals surface area contributed by atoms with E-state index in [1.165, 1.54) is 4.88 Å². The topological polar surface area (TPSA) is 51.4 Å². The summed E-state index contributed by atoms with van der Waals surface area (Å²) in [7, 11) is 0. The minimum Gasteiger partial charge on any atom is -0.378 e. The molecule has 84 valence electrons. The van der Waals surface area contributed by atoms with Gasteiger partial charge in [-0.15, -0.1) is 11.3 Å². The van der Waals surface area contributed by atoms with Crippen molar-refractivity contribution in [3.8, 4) is 0 Å². The van der Waals surface area contributed by atoms with Crippen LogP contribution in [0.4, 0.5) is 5.13 Å². The van der Waals surface area contributed by atoms with E-state index >= 15 is 0 Å². The van der Waals surface area contributed by atoms with Gasteiger partial charge in [-0.3, -0.25) is 4.90 Å². The number of hydrogen-bond acceptors (Lipinski definition) is 5. The molecule has 2 heterocycles. The first kappa shape index (κ1) is 10.9. The third-order valence-corrected chi connectivity index (χ3v) is 3.55. The number of thiazole rings is 1. The number of aromatic nitrogens is 1. The van der Waals surface area contributed by atoms with Crippen LogP contribution in [0.25, 0.3) is 0 Å². The number of ether oxygens (including phenoxy) is 1. The van der Waals surface area contributed by atoms with Gasteiger partial charge in [-0.05, 0) is 13.8 Å². The second-order valence-electron chi connectivity index (χ2n) is 4.45. The average Bonchev–Trinajstić information content (AvgIpc) is 2.55. The van der Waals surface area contributed by atoms with Crippen LogP contribution in [0, 0.1) is 0 Å². The molecule has 0 bridgehead atoms. The summed E-state index contributed by atoms with van der Waals surface area (Å²) in [5.74, 6) is 0. The summed E-state index contributed by atoms with van der Waals surface area (Å²) in [6.45, 7) is 7.92. The summed E-state index contributed by atoms with van der Waals surface area (Å²) >= 11 is 1.57. The molecular formula is C10H17N3OS. The summed E-state index contributed by atoms with van der Waals surface area (Å²) in [5.41, 5.74) is 5.72. The van der Waals surface area contributed by atoms with Gasteiger partial charge in [-0.1, -0.05) is 0 Å². The molecule has 1 aromatic rings. The molecular weight excluding hydrogens is 210 g/mol. The maximum absolute atomic E-state index is 5.62. The van der Waals surface area contributed by atoms with E-state index in [1.807, 2.05) is 6.20 Å². The standard InChI is InChI=1S/C10H17N3OS/c1-10(2)7-14-4-3-13(10)6-8-5-12-9(11)15-8/h5H,3-4,6-7H2,1-2H3,(H2,11,12). The van der Waals surface area contributed by atoms with Crippen molar-refractivity contribution in [1.82, 2.24) is 9.88 Å². The van der Waals surface area contributed by atoms with E-state index in [9.17, 15) is 0 Å². The fraction of sp³-hybridized carbons (Fsp3) is 0.700. The van der Waals surface area contributed by atoms with E-state index in [1.54, 1.807) is 11.3 Å². The second-order valence-corrected chi connectivity index (χ2v) is 5.60. The minimum atomic E-state index is 0.108. The molecule has 0 amide bonds. The van der Waals surface area contributed by atoms with Crippen LogP contribution in [0.2, 0.25) is 0 Å². The van der Waals surface area contributed by atoms with Gasteiger partial charge in [0.25, 0.3) is 0 Å². The normalized spacial score (nSPS) is 21.7. The number of nitrogens with two attached hydrogens (primary N) is 1. The van der Waals surface area contributed by atoms with E-state index in [0.29, 0.717) is 5.13 Å². The van der Waals surface area contributed by atoms with Crippen molar-refractivity contribution in [2.75, 3.05) is 25.5 Å². The van der Waals surface area contributed by atoms with Crippen LogP contribution in [-0.2, 0) is 11.3 Å². The first-order valence-corrected chi connectivity index (χ1v) is 5.92. The Morgan fingerprint density at radius 2 is 2.47 bits per heavy atom. The van der Waals surface area contributed by atoms with Crippen LogP contribution in [0.3, 0.4) is 0 Å². The molecule has 0 atom stereocenters. The molecule has 1 saturated heterocycles. The van der Waals surface area contributed by atoms with Gasteiger partial charge in [0.05, 0.1) is 13.2 Å². The highest BCUT2D eigenvalue weighted by molar-refractivity contribution is 7.15. The summed E-state index contributed by atoms with van der Waals surface area (Å²) in [6.07, 6.45) is 1.87. The van der Waals surface area contributed by atoms with Crippen molar-refractivity contribution in [2.45, 2.75) is 25.9 Å². The highest BCUT2D eigenvalue weighted by Crippen LogP contribution is 2.24. The maximum atomic E-state index is 5.62. The SMILES string of the molecule is CC1(C)COCCN1Cc1cnc(N)s1. The second kappa shape index (κ2) is 4.08. The van der Waals surface area contributed by atoms with Crippen molar-refractivity contribution < 1.29 is 4.74 Å². The molecule has 1 fully saturated rings. The van der Waals surface area contributed by atoms with E-state index in [0.717, 1.165) is 26.3 Å². The third kappa shape index (κ3) is 2.48. The van der Waals surface area contributed by atoms with Crippen molar-refractivity contribution in [2.24, 2.45) is 0 Å². The fourth-order valence-corrected chi connectivity index (χ4v) is 2.47. The van der Waals surface area contributed by atoms with Crippen LogP contribution in [0.5, 0.6) is 0 Å². The Morgan fingerprint density at radius 3 is 3.07 bits per heavy atom. The molecule has 0 aromatic carbocycles. The van der Waals surface area contributed by atoms with Crippen LogP contribution < -0.4 is 5.73 Å². The molecule has 1 aromatic heterocycles. The van der Waals surface area contributed by atoms with Gasteiger partial charge in [0.2, 0.25) is 0 Å². The lowest BCUT2D eigenvalue weighted by Crippen LogP contribution is -2.52. The third-order valence-electron chi connectivity index (χ3n) is 2.74. The summed E-state index contributed by atoms with van der Waals surface area (Å²) < 4.78 is 5.48.